The topological polar surface area (TPSA) is 67.6 Å². The van der Waals surface area contributed by atoms with E-state index in [0.29, 0.717) is 6.54 Å². The lowest BCUT2D eigenvalue weighted by atomic mass is 10.2. The zero-order chi connectivity index (χ0) is 15.9. The highest BCUT2D eigenvalue weighted by molar-refractivity contribution is 5.75. The van der Waals surface area contributed by atoms with Crippen LogP contribution in [0.25, 0.3) is 11.0 Å². The number of amides is 1. The maximum absolute atomic E-state index is 12.2. The van der Waals surface area contributed by atoms with Crippen LogP contribution in [0.5, 0.6) is 0 Å². The van der Waals surface area contributed by atoms with Gasteiger partial charge >= 0.3 is 6.09 Å². The molecule has 0 saturated carbocycles. The van der Waals surface area contributed by atoms with Crippen LogP contribution in [0.1, 0.15) is 26.8 Å². The van der Waals surface area contributed by atoms with Gasteiger partial charge in [0.1, 0.15) is 5.60 Å². The lowest BCUT2D eigenvalue weighted by Gasteiger charge is -2.24. The first-order valence-corrected chi connectivity index (χ1v) is 7.43. The average Bonchev–Trinajstić information content (AvgIpc) is 3.00. The lowest BCUT2D eigenvalue weighted by Crippen LogP contribution is -2.35. The number of para-hydroxylation sites is 2. The summed E-state index contributed by atoms with van der Waals surface area (Å²) in [4.78, 5) is 18.0. The maximum Gasteiger partial charge on any atom is 0.410 e. The molecule has 1 unspecified atom stereocenters. The van der Waals surface area contributed by atoms with Crippen molar-refractivity contribution in [3.8, 4) is 0 Å². The molecular formula is C16H21N3O3. The summed E-state index contributed by atoms with van der Waals surface area (Å²) in [5, 5.41) is 10.3. The molecule has 2 heterocycles. The Balaban J connectivity index is 1.80. The Bertz CT molecular complexity index is 689. The number of imidazole rings is 1. The molecule has 1 saturated heterocycles. The Hall–Kier alpha value is -2.08. The molecule has 118 valence electrons. The predicted molar refractivity (Wildman–Crippen MR) is 82.6 cm³/mol. The number of β-amino-alcohol motifs (C(OH)–C–C–N with tert-alkyl or cyclic N) is 1. The second-order valence-electron chi connectivity index (χ2n) is 6.66. The highest BCUT2D eigenvalue weighted by Gasteiger charge is 2.37. The largest absolute Gasteiger partial charge is 0.444 e. The average molecular weight is 303 g/mol. The van der Waals surface area contributed by atoms with E-state index in [-0.39, 0.29) is 12.6 Å². The summed E-state index contributed by atoms with van der Waals surface area (Å²) in [5.41, 5.74) is 1.30. The van der Waals surface area contributed by atoms with Gasteiger partial charge in [-0.1, -0.05) is 12.1 Å². The van der Waals surface area contributed by atoms with Gasteiger partial charge in [-0.15, -0.1) is 0 Å². The van der Waals surface area contributed by atoms with E-state index in [1.807, 2.05) is 49.6 Å². The Morgan fingerprint density at radius 2 is 2.05 bits per heavy atom. The van der Waals surface area contributed by atoms with Gasteiger partial charge in [-0.25, -0.2) is 9.78 Å². The normalized spacial score (nSPS) is 22.3. The second-order valence-corrected chi connectivity index (χ2v) is 6.66. The molecule has 1 fully saturated rings. The molecule has 0 bridgehead atoms. The van der Waals surface area contributed by atoms with Crippen molar-refractivity contribution >= 4 is 17.1 Å². The van der Waals surface area contributed by atoms with Gasteiger partial charge in [0, 0.05) is 6.54 Å². The third kappa shape index (κ3) is 2.78. The van der Waals surface area contributed by atoms with Crippen LogP contribution in [0.2, 0.25) is 0 Å². The quantitative estimate of drug-likeness (QED) is 0.877. The third-order valence-electron chi connectivity index (χ3n) is 3.75. The summed E-state index contributed by atoms with van der Waals surface area (Å²) in [6.45, 7) is 6.18. The number of carbonyl (C=O) groups excluding carboxylic acids is 1. The molecule has 6 heteroatoms. The van der Waals surface area contributed by atoms with Crippen LogP contribution in [-0.4, -0.2) is 50.4 Å². The summed E-state index contributed by atoms with van der Waals surface area (Å²) in [7, 11) is 0. The Labute approximate surface area is 129 Å². The molecule has 22 heavy (non-hydrogen) atoms. The molecule has 0 aliphatic carbocycles. The summed E-state index contributed by atoms with van der Waals surface area (Å²) in [6, 6.07) is 7.55. The molecule has 1 aromatic heterocycles. The highest BCUT2D eigenvalue weighted by atomic mass is 16.6. The number of fused-ring (bicyclic) bond motifs is 1. The van der Waals surface area contributed by atoms with Crippen LogP contribution in [0.3, 0.4) is 0 Å². The molecule has 2 atom stereocenters. The zero-order valence-electron chi connectivity index (χ0n) is 13.1. The molecule has 1 aliphatic heterocycles. The fraction of sp³-hybridized carbons (Fsp3) is 0.500. The molecule has 1 aliphatic rings. The fourth-order valence-electron chi connectivity index (χ4n) is 2.76. The molecule has 2 aromatic rings. The van der Waals surface area contributed by atoms with E-state index in [9.17, 15) is 9.90 Å². The maximum atomic E-state index is 12.2. The molecule has 1 N–H and O–H groups in total. The number of likely N-dealkylation sites (tertiary alicyclic amines) is 1. The van der Waals surface area contributed by atoms with Crippen molar-refractivity contribution < 1.29 is 14.6 Å². The van der Waals surface area contributed by atoms with E-state index < -0.39 is 17.8 Å². The summed E-state index contributed by atoms with van der Waals surface area (Å²) < 4.78 is 7.31. The zero-order valence-corrected chi connectivity index (χ0v) is 13.1. The smallest absolute Gasteiger partial charge is 0.410 e. The molecule has 1 aromatic carbocycles. The number of aromatic nitrogens is 2. The van der Waals surface area contributed by atoms with Gasteiger partial charge in [0.15, 0.2) is 0 Å². The van der Waals surface area contributed by atoms with Crippen LogP contribution in [0, 0.1) is 0 Å². The van der Waals surface area contributed by atoms with Crippen LogP contribution >= 0.6 is 0 Å². The van der Waals surface area contributed by atoms with Crippen molar-refractivity contribution in [2.45, 2.75) is 38.5 Å². The summed E-state index contributed by atoms with van der Waals surface area (Å²) in [5.74, 6) is 0. The second kappa shape index (κ2) is 5.28. The monoisotopic (exact) mass is 303 g/mol. The number of aliphatic hydroxyl groups excluding tert-OH is 1. The van der Waals surface area contributed by atoms with Crippen LogP contribution < -0.4 is 0 Å². The van der Waals surface area contributed by atoms with Gasteiger partial charge in [0.05, 0.1) is 36.1 Å². The minimum absolute atomic E-state index is 0.208. The van der Waals surface area contributed by atoms with E-state index in [1.54, 1.807) is 11.2 Å². The number of hydrogen-bond donors (Lipinski definition) is 1. The van der Waals surface area contributed by atoms with Crippen molar-refractivity contribution in [3.63, 3.8) is 0 Å². The van der Waals surface area contributed by atoms with E-state index in [2.05, 4.69) is 4.98 Å². The van der Waals surface area contributed by atoms with Crippen LogP contribution in [-0.2, 0) is 4.74 Å². The van der Waals surface area contributed by atoms with Crippen molar-refractivity contribution in [1.82, 2.24) is 14.5 Å². The predicted octanol–water partition coefficient (Wildman–Crippen LogP) is 2.19. The van der Waals surface area contributed by atoms with Crippen LogP contribution in [0.15, 0.2) is 30.6 Å². The molecular weight excluding hydrogens is 282 g/mol. The van der Waals surface area contributed by atoms with E-state index >= 15 is 0 Å². The molecule has 1 amide bonds. The molecule has 3 rings (SSSR count). The standard InChI is InChI=1S/C16H21N3O3/c1-16(2,3)22-15(21)18-8-13(14(20)9-18)19-10-17-11-6-4-5-7-12(11)19/h4-7,10,13-14,20H,8-9H2,1-3H3/t13?,14-/m1/s1. The Kier molecular flexibility index (Phi) is 3.56. The van der Waals surface area contributed by atoms with Gasteiger partial charge in [-0.2, -0.15) is 0 Å². The fourth-order valence-corrected chi connectivity index (χ4v) is 2.76. The van der Waals surface area contributed by atoms with Crippen molar-refractivity contribution in [1.29, 1.82) is 0 Å². The number of benzene rings is 1. The number of ether oxygens (including phenoxy) is 1. The molecule has 0 radical (unpaired) electrons. The lowest BCUT2D eigenvalue weighted by molar-refractivity contribution is 0.0270. The molecule has 6 nitrogen and oxygen atoms in total. The van der Waals surface area contributed by atoms with Gasteiger partial charge < -0.3 is 19.3 Å². The Morgan fingerprint density at radius 1 is 1.32 bits per heavy atom. The summed E-state index contributed by atoms with van der Waals surface area (Å²) in [6.07, 6.45) is 0.695. The first kappa shape index (κ1) is 14.8. The van der Waals surface area contributed by atoms with E-state index in [1.165, 1.54) is 0 Å². The van der Waals surface area contributed by atoms with Crippen molar-refractivity contribution in [3.05, 3.63) is 30.6 Å². The van der Waals surface area contributed by atoms with Gasteiger partial charge in [-0.05, 0) is 32.9 Å². The first-order valence-electron chi connectivity index (χ1n) is 7.43. The minimum Gasteiger partial charge on any atom is -0.444 e. The SMILES string of the molecule is CC(C)(C)OC(=O)N1CC(n2cnc3ccccc32)[C@H](O)C1. The van der Waals surface area contributed by atoms with Crippen molar-refractivity contribution in [2.24, 2.45) is 0 Å². The van der Waals surface area contributed by atoms with Gasteiger partial charge in [-0.3, -0.25) is 0 Å². The van der Waals surface area contributed by atoms with Gasteiger partial charge in [0.25, 0.3) is 0 Å². The highest BCUT2D eigenvalue weighted by Crippen LogP contribution is 2.27. The number of aliphatic hydroxyl groups is 1. The number of nitrogens with zero attached hydrogens (tertiary/aromatic N) is 3. The number of hydrogen-bond acceptors (Lipinski definition) is 4. The van der Waals surface area contributed by atoms with Crippen LogP contribution in [0.4, 0.5) is 4.79 Å². The Morgan fingerprint density at radius 3 is 2.77 bits per heavy atom. The van der Waals surface area contributed by atoms with Crippen molar-refractivity contribution in [2.75, 3.05) is 13.1 Å². The van der Waals surface area contributed by atoms with E-state index in [0.717, 1.165) is 11.0 Å². The number of carbonyl (C=O) groups is 1. The van der Waals surface area contributed by atoms with Gasteiger partial charge in [0.2, 0.25) is 0 Å². The van der Waals surface area contributed by atoms with E-state index in [4.69, 9.17) is 4.74 Å². The first-order chi connectivity index (χ1) is 10.3. The third-order valence-corrected chi connectivity index (χ3v) is 3.75. The summed E-state index contributed by atoms with van der Waals surface area (Å²) >= 11 is 0. The minimum atomic E-state index is -0.634. The number of rotatable bonds is 1. The molecule has 0 spiro atoms.